The predicted octanol–water partition coefficient (Wildman–Crippen LogP) is 5.09. The number of carbonyl (C=O) groups excluding carboxylic acids is 5. The Kier molecular flexibility index (Phi) is 13.4. The molecule has 2 aromatic rings. The number of aliphatic hydroxyl groups is 2. The quantitative estimate of drug-likeness (QED) is 0.292. The van der Waals surface area contributed by atoms with Gasteiger partial charge in [-0.25, -0.2) is 0 Å². The molecule has 3 aliphatic heterocycles. The molecular weight excluding hydrogens is 760 g/mol. The van der Waals surface area contributed by atoms with Gasteiger partial charge in [0.05, 0.1) is 41.3 Å². The molecule has 1 amide bonds. The van der Waals surface area contributed by atoms with Crippen LogP contribution in [0.3, 0.4) is 0 Å². The molecule has 59 heavy (non-hydrogen) atoms. The van der Waals surface area contributed by atoms with Gasteiger partial charge in [-0.05, 0) is 25.5 Å². The number of esters is 1. The second-order valence-corrected chi connectivity index (χ2v) is 15.9. The average Bonchev–Trinajstić information content (AvgIpc) is 3.46. The number of nitrogens with zero attached hydrogens (tertiary/aromatic N) is 1. The first kappa shape index (κ1) is 44.5. The lowest BCUT2D eigenvalue weighted by atomic mass is 9.78. The van der Waals surface area contributed by atoms with Crippen molar-refractivity contribution in [3.8, 4) is 11.5 Å². The van der Waals surface area contributed by atoms with E-state index in [9.17, 15) is 39.3 Å². The van der Waals surface area contributed by atoms with E-state index in [0.29, 0.717) is 0 Å². The van der Waals surface area contributed by atoms with Crippen molar-refractivity contribution < 1.29 is 58.2 Å². The van der Waals surface area contributed by atoms with Crippen LogP contribution < -0.4 is 10.1 Å². The Balaban J connectivity index is 1.68. The van der Waals surface area contributed by atoms with Crippen LogP contribution in [0.5, 0.6) is 11.5 Å². The van der Waals surface area contributed by atoms with Gasteiger partial charge in [-0.3, -0.25) is 24.0 Å². The van der Waals surface area contributed by atoms with Crippen LogP contribution in [0.4, 0.5) is 0 Å². The van der Waals surface area contributed by atoms with E-state index in [2.05, 4.69) is 5.32 Å². The molecule has 0 fully saturated rings. The van der Waals surface area contributed by atoms with E-state index in [-0.39, 0.29) is 34.7 Å². The zero-order valence-electron chi connectivity index (χ0n) is 35.1. The zero-order valence-corrected chi connectivity index (χ0v) is 35.1. The molecule has 0 aromatic heterocycles. The summed E-state index contributed by atoms with van der Waals surface area (Å²) in [7, 11) is 3.00. The van der Waals surface area contributed by atoms with Crippen LogP contribution in [0, 0.1) is 30.6 Å². The fourth-order valence-electron chi connectivity index (χ4n) is 7.98. The number of methoxy groups -OCH3 is 1. The van der Waals surface area contributed by atoms with Crippen LogP contribution in [0.15, 0.2) is 77.9 Å². The number of phenols is 1. The van der Waals surface area contributed by atoms with Crippen molar-refractivity contribution in [1.29, 1.82) is 0 Å². The van der Waals surface area contributed by atoms with E-state index < -0.39 is 106 Å². The fourth-order valence-corrected chi connectivity index (χ4v) is 7.98. The van der Waals surface area contributed by atoms with E-state index in [1.807, 2.05) is 30.3 Å². The number of fused-ring (bicyclic) bond motifs is 14. The van der Waals surface area contributed by atoms with Gasteiger partial charge < -0.3 is 44.5 Å². The normalized spacial score (nSPS) is 31.1. The highest BCUT2D eigenvalue weighted by atomic mass is 16.7. The summed E-state index contributed by atoms with van der Waals surface area (Å²) in [6.45, 7) is 12.5. The van der Waals surface area contributed by atoms with Crippen LogP contribution in [-0.2, 0) is 30.3 Å². The highest BCUT2D eigenvalue weighted by molar-refractivity contribution is 6.32. The van der Waals surface area contributed by atoms with E-state index in [0.717, 1.165) is 5.56 Å². The molecule has 14 nitrogen and oxygen atoms in total. The Morgan fingerprint density at radius 3 is 2.20 bits per heavy atom. The molecule has 4 aliphatic rings. The SMILES string of the molecule is COC1/C=C/OC2(C)Oc3c(C)c(O)c4c(c3C2=O)C(=O)C(N(C)Cc2ccccc2)=C(NC(=O)/C(C)=C\C=C\C(C)C(O)C(C)C(O)C(C)C(OC(C)=O)C1C)C4=O. The lowest BCUT2D eigenvalue weighted by Gasteiger charge is -2.38. The van der Waals surface area contributed by atoms with Crippen molar-refractivity contribution in [2.45, 2.75) is 92.1 Å². The molecule has 0 spiro atoms. The van der Waals surface area contributed by atoms with E-state index >= 15 is 0 Å². The summed E-state index contributed by atoms with van der Waals surface area (Å²) in [6, 6.07) is 9.10. The maximum absolute atomic E-state index is 14.8. The first-order valence-corrected chi connectivity index (χ1v) is 19.5. The zero-order chi connectivity index (χ0) is 43.7. The van der Waals surface area contributed by atoms with Crippen LogP contribution in [0.1, 0.15) is 90.7 Å². The molecule has 0 saturated carbocycles. The van der Waals surface area contributed by atoms with Gasteiger partial charge >= 0.3 is 11.8 Å². The maximum Gasteiger partial charge on any atom is 0.312 e. The van der Waals surface area contributed by atoms with Gasteiger partial charge in [0.1, 0.15) is 29.0 Å². The number of ketones is 3. The number of Topliss-reactive ketones (excluding diaryl/α,β-unsaturated/α-hetero) is 3. The third-order valence-corrected chi connectivity index (χ3v) is 11.6. The Hall–Kier alpha value is -5.57. The number of phenolic OH excluding ortho intramolecular Hbond substituents is 1. The Labute approximate surface area is 344 Å². The highest BCUT2D eigenvalue weighted by Crippen LogP contribution is 2.49. The summed E-state index contributed by atoms with van der Waals surface area (Å²) in [5, 5.41) is 37.0. The molecule has 5 bridgehead atoms. The summed E-state index contributed by atoms with van der Waals surface area (Å²) in [5.74, 6) is -9.23. The minimum absolute atomic E-state index is 0.00579. The lowest BCUT2D eigenvalue weighted by Crippen LogP contribution is -2.46. The number of benzene rings is 2. The van der Waals surface area contributed by atoms with Gasteiger partial charge in [0, 0.05) is 69.4 Å². The molecular formula is C45H54N2O12. The highest BCUT2D eigenvalue weighted by Gasteiger charge is 2.53. The van der Waals surface area contributed by atoms with Crippen LogP contribution in [0.25, 0.3) is 0 Å². The third-order valence-electron chi connectivity index (χ3n) is 11.6. The number of aliphatic hydroxyl groups excluding tert-OH is 2. The summed E-state index contributed by atoms with van der Waals surface area (Å²) in [4.78, 5) is 71.4. The van der Waals surface area contributed by atoms with E-state index in [1.54, 1.807) is 46.9 Å². The predicted molar refractivity (Wildman–Crippen MR) is 216 cm³/mol. The smallest absolute Gasteiger partial charge is 0.312 e. The largest absolute Gasteiger partial charge is 0.507 e. The molecule has 2 aromatic carbocycles. The monoisotopic (exact) mass is 814 g/mol. The molecule has 0 saturated heterocycles. The van der Waals surface area contributed by atoms with Crippen molar-refractivity contribution in [1.82, 2.24) is 10.2 Å². The van der Waals surface area contributed by atoms with Crippen molar-refractivity contribution in [3.05, 3.63) is 106 Å². The first-order chi connectivity index (χ1) is 27.7. The Bertz CT molecular complexity index is 2140. The molecule has 1 aliphatic carbocycles. The summed E-state index contributed by atoms with van der Waals surface area (Å²) >= 11 is 0. The van der Waals surface area contributed by atoms with Crippen molar-refractivity contribution in [2.75, 3.05) is 14.2 Å². The maximum atomic E-state index is 14.8. The molecule has 316 valence electrons. The van der Waals surface area contributed by atoms with Crippen LogP contribution >= 0.6 is 0 Å². The lowest BCUT2D eigenvalue weighted by molar-refractivity contribution is -0.160. The molecule has 6 rings (SSSR count). The average molecular weight is 815 g/mol. The third kappa shape index (κ3) is 8.61. The van der Waals surface area contributed by atoms with Gasteiger partial charge in [-0.1, -0.05) is 76.3 Å². The van der Waals surface area contributed by atoms with Crippen molar-refractivity contribution in [2.24, 2.45) is 23.7 Å². The van der Waals surface area contributed by atoms with Gasteiger partial charge in [0.2, 0.25) is 11.6 Å². The van der Waals surface area contributed by atoms with E-state index in [1.165, 1.54) is 58.1 Å². The summed E-state index contributed by atoms with van der Waals surface area (Å²) in [6.07, 6.45) is 3.41. The fraction of sp³-hybridized carbons (Fsp3) is 0.444. The number of hydrogen-bond acceptors (Lipinski definition) is 13. The minimum atomic E-state index is -2.09. The van der Waals surface area contributed by atoms with Crippen LogP contribution in [-0.4, -0.2) is 93.8 Å². The molecule has 9 unspecified atom stereocenters. The van der Waals surface area contributed by atoms with Gasteiger partial charge in [0.15, 0.2) is 0 Å². The van der Waals surface area contributed by atoms with Gasteiger partial charge in [0.25, 0.3) is 11.7 Å². The first-order valence-electron chi connectivity index (χ1n) is 19.5. The number of carbonyl (C=O) groups is 5. The summed E-state index contributed by atoms with van der Waals surface area (Å²) in [5.41, 5.74) is -0.842. The Morgan fingerprint density at radius 2 is 1.58 bits per heavy atom. The van der Waals surface area contributed by atoms with Crippen molar-refractivity contribution in [3.63, 3.8) is 0 Å². The van der Waals surface area contributed by atoms with Gasteiger partial charge in [-0.15, -0.1) is 0 Å². The number of nitrogens with one attached hydrogen (secondary N) is 1. The van der Waals surface area contributed by atoms with E-state index in [4.69, 9.17) is 18.9 Å². The second-order valence-electron chi connectivity index (χ2n) is 15.9. The number of likely N-dealkylation sites (N-methyl/N-ethyl adjacent to an activating group) is 1. The topological polar surface area (TPSA) is 198 Å². The molecule has 0 radical (unpaired) electrons. The number of amides is 1. The number of aromatic hydroxyl groups is 1. The minimum Gasteiger partial charge on any atom is -0.507 e. The second kappa shape index (κ2) is 17.7. The molecule has 4 N–H and O–H groups in total. The number of rotatable bonds is 5. The number of hydrogen-bond donors (Lipinski definition) is 4. The number of allylic oxidation sites excluding steroid dienone is 4. The standard InChI is InChI=1S/C45H54N2O12/c1-22-15-14-16-23(2)44(55)46-34-35(47(9)21-29-17-12-11-13-18-29)40(53)31-32(39(34)52)38(51)27(6)42-33(31)43(54)45(8,59-42)57-20-19-30(56-10)24(3)41(58-28(7)48)26(5)37(50)25(4)36(22)49/h11-20,22,24-26,30,36-37,41,49-51H,21H2,1-10H3,(H,46,55)/b15-14+,20-19+,23-16-. The molecule has 14 heteroatoms. The molecule has 9 atom stereocenters. The summed E-state index contributed by atoms with van der Waals surface area (Å²) < 4.78 is 23.5. The number of ether oxygens (including phenoxy) is 4. The van der Waals surface area contributed by atoms with Crippen molar-refractivity contribution >= 4 is 29.2 Å². The van der Waals surface area contributed by atoms with Gasteiger partial charge in [-0.2, -0.15) is 0 Å². The molecule has 3 heterocycles. The Morgan fingerprint density at radius 1 is 0.915 bits per heavy atom. The van der Waals surface area contributed by atoms with Crippen LogP contribution in [0.2, 0.25) is 0 Å².